The second-order valence-electron chi connectivity index (χ2n) is 5.09. The molecule has 2 aromatic rings. The first-order valence-corrected chi connectivity index (χ1v) is 8.92. The fourth-order valence-electron chi connectivity index (χ4n) is 2.22. The Bertz CT molecular complexity index is 772. The zero-order chi connectivity index (χ0) is 17.6. The maximum absolute atomic E-state index is 12.4. The predicted molar refractivity (Wildman–Crippen MR) is 89.4 cm³/mol. The molecule has 0 aliphatic heterocycles. The van der Waals surface area contributed by atoms with Crippen LogP contribution in [0, 0.1) is 0 Å². The molecule has 0 aliphatic rings. The van der Waals surface area contributed by atoms with Crippen LogP contribution in [0.3, 0.4) is 0 Å². The van der Waals surface area contributed by atoms with Gasteiger partial charge in [0, 0.05) is 0 Å². The van der Waals surface area contributed by atoms with E-state index in [1.807, 2.05) is 6.92 Å². The molecule has 128 valence electrons. The monoisotopic (exact) mass is 349 g/mol. The Morgan fingerprint density at radius 3 is 2.29 bits per heavy atom. The van der Waals surface area contributed by atoms with Crippen molar-refractivity contribution in [1.82, 2.24) is 4.72 Å². The molecule has 0 amide bonds. The van der Waals surface area contributed by atoms with Crippen LogP contribution in [0.1, 0.15) is 24.9 Å². The normalized spacial score (nSPS) is 12.5. The zero-order valence-corrected chi connectivity index (χ0v) is 14.0. The molecule has 24 heavy (non-hydrogen) atoms. The largest absolute Gasteiger partial charge is 0.494 e. The summed E-state index contributed by atoms with van der Waals surface area (Å²) < 4.78 is 32.7. The van der Waals surface area contributed by atoms with Crippen LogP contribution >= 0.6 is 0 Å². The number of carboxylic acid groups (broad SMARTS) is 1. The highest BCUT2D eigenvalue weighted by atomic mass is 32.2. The van der Waals surface area contributed by atoms with Crippen LogP contribution in [-0.2, 0) is 14.8 Å². The lowest BCUT2D eigenvalue weighted by molar-refractivity contribution is -0.137. The summed E-state index contributed by atoms with van der Waals surface area (Å²) in [6.07, 6.45) is -0.361. The number of carbonyl (C=O) groups is 1. The molecule has 0 aromatic heterocycles. The average molecular weight is 349 g/mol. The smallest absolute Gasteiger partial charge is 0.305 e. The lowest BCUT2D eigenvalue weighted by Gasteiger charge is -2.18. The second kappa shape index (κ2) is 7.94. The molecule has 0 saturated heterocycles. The van der Waals surface area contributed by atoms with Gasteiger partial charge < -0.3 is 9.84 Å². The third kappa shape index (κ3) is 4.81. The van der Waals surface area contributed by atoms with Gasteiger partial charge in [0.15, 0.2) is 0 Å². The molecule has 0 radical (unpaired) electrons. The second-order valence-corrected chi connectivity index (χ2v) is 6.80. The fourth-order valence-corrected chi connectivity index (χ4v) is 3.47. The standard InChI is InChI=1S/C17H19NO5S/c1-2-23-14-10-8-13(9-11-14)16(12-17(19)20)18-24(21,22)15-6-4-3-5-7-15/h3-11,16,18H,2,12H2,1H3,(H,19,20). The number of aliphatic carboxylic acids is 1. The molecule has 7 heteroatoms. The molecule has 0 aliphatic carbocycles. The summed E-state index contributed by atoms with van der Waals surface area (Å²) >= 11 is 0. The summed E-state index contributed by atoms with van der Waals surface area (Å²) in [4.78, 5) is 11.2. The Labute approximate surface area is 141 Å². The first kappa shape index (κ1) is 18.0. The van der Waals surface area contributed by atoms with Crippen molar-refractivity contribution < 1.29 is 23.1 Å². The third-order valence-electron chi connectivity index (χ3n) is 3.32. The maximum Gasteiger partial charge on any atom is 0.305 e. The number of carboxylic acids is 1. The van der Waals surface area contributed by atoms with Crippen molar-refractivity contribution in [3.63, 3.8) is 0 Å². The minimum absolute atomic E-state index is 0.0892. The van der Waals surface area contributed by atoms with Gasteiger partial charge in [-0.1, -0.05) is 30.3 Å². The number of nitrogens with one attached hydrogen (secondary N) is 1. The Kier molecular flexibility index (Phi) is 5.94. The molecular formula is C17H19NO5S. The predicted octanol–water partition coefficient (Wildman–Crippen LogP) is 2.58. The highest BCUT2D eigenvalue weighted by molar-refractivity contribution is 7.89. The summed E-state index contributed by atoms with van der Waals surface area (Å²) in [5.41, 5.74) is 0.556. The summed E-state index contributed by atoms with van der Waals surface area (Å²) in [5.74, 6) is -0.453. The van der Waals surface area contributed by atoms with Gasteiger partial charge in [0.1, 0.15) is 5.75 Å². The van der Waals surface area contributed by atoms with E-state index in [4.69, 9.17) is 9.84 Å². The lowest BCUT2D eigenvalue weighted by atomic mass is 10.0. The number of hydrogen-bond acceptors (Lipinski definition) is 4. The molecule has 2 rings (SSSR count). The molecule has 6 nitrogen and oxygen atoms in total. The number of hydrogen-bond donors (Lipinski definition) is 2. The van der Waals surface area contributed by atoms with E-state index in [9.17, 15) is 13.2 Å². The summed E-state index contributed by atoms with van der Waals surface area (Å²) in [6, 6.07) is 13.7. The zero-order valence-electron chi connectivity index (χ0n) is 13.2. The molecule has 0 saturated carbocycles. The minimum atomic E-state index is -3.82. The Morgan fingerprint density at radius 2 is 1.75 bits per heavy atom. The topological polar surface area (TPSA) is 92.7 Å². The van der Waals surface area contributed by atoms with Crippen molar-refractivity contribution in [2.24, 2.45) is 0 Å². The maximum atomic E-state index is 12.4. The Balaban J connectivity index is 2.27. The number of benzene rings is 2. The Hall–Kier alpha value is -2.38. The summed E-state index contributed by atoms with van der Waals surface area (Å²) in [6.45, 7) is 2.37. The van der Waals surface area contributed by atoms with Gasteiger partial charge in [-0.15, -0.1) is 0 Å². The van der Waals surface area contributed by atoms with Gasteiger partial charge in [0.2, 0.25) is 10.0 Å². The van der Waals surface area contributed by atoms with E-state index in [-0.39, 0.29) is 11.3 Å². The minimum Gasteiger partial charge on any atom is -0.494 e. The van der Waals surface area contributed by atoms with Gasteiger partial charge in [0.25, 0.3) is 0 Å². The lowest BCUT2D eigenvalue weighted by Crippen LogP contribution is -2.30. The average Bonchev–Trinajstić information content (AvgIpc) is 2.55. The van der Waals surface area contributed by atoms with Gasteiger partial charge in [-0.05, 0) is 36.8 Å². The molecule has 0 bridgehead atoms. The number of rotatable bonds is 8. The molecule has 0 spiro atoms. The van der Waals surface area contributed by atoms with Gasteiger partial charge in [-0.2, -0.15) is 0 Å². The van der Waals surface area contributed by atoms with E-state index in [2.05, 4.69) is 4.72 Å². The summed E-state index contributed by atoms with van der Waals surface area (Å²) in [5, 5.41) is 9.09. The molecular weight excluding hydrogens is 330 g/mol. The van der Waals surface area contributed by atoms with Crippen LogP contribution in [0.2, 0.25) is 0 Å². The molecule has 2 N–H and O–H groups in total. The van der Waals surface area contributed by atoms with E-state index in [0.29, 0.717) is 17.9 Å². The highest BCUT2D eigenvalue weighted by Gasteiger charge is 2.23. The van der Waals surface area contributed by atoms with Crippen LogP contribution < -0.4 is 9.46 Å². The molecule has 2 aromatic carbocycles. The van der Waals surface area contributed by atoms with E-state index >= 15 is 0 Å². The van der Waals surface area contributed by atoms with Crippen LogP contribution in [-0.4, -0.2) is 26.1 Å². The summed E-state index contributed by atoms with van der Waals surface area (Å²) in [7, 11) is -3.82. The molecule has 0 heterocycles. The third-order valence-corrected chi connectivity index (χ3v) is 4.81. The van der Waals surface area contributed by atoms with E-state index in [1.54, 1.807) is 42.5 Å². The van der Waals surface area contributed by atoms with Crippen LogP contribution in [0.5, 0.6) is 5.75 Å². The van der Waals surface area contributed by atoms with Crippen LogP contribution in [0.25, 0.3) is 0 Å². The molecule has 1 unspecified atom stereocenters. The van der Waals surface area contributed by atoms with Gasteiger partial charge in [0.05, 0.1) is 24.0 Å². The van der Waals surface area contributed by atoms with Gasteiger partial charge >= 0.3 is 5.97 Å². The quantitative estimate of drug-likeness (QED) is 0.764. The first-order valence-electron chi connectivity index (χ1n) is 7.44. The van der Waals surface area contributed by atoms with Crippen molar-refractivity contribution in [2.45, 2.75) is 24.3 Å². The van der Waals surface area contributed by atoms with Crippen LogP contribution in [0.15, 0.2) is 59.5 Å². The first-order chi connectivity index (χ1) is 11.4. The SMILES string of the molecule is CCOc1ccc(C(CC(=O)O)NS(=O)(=O)c2ccccc2)cc1. The van der Waals surface area contributed by atoms with Gasteiger partial charge in [-0.3, -0.25) is 4.79 Å². The highest BCUT2D eigenvalue weighted by Crippen LogP contribution is 2.23. The number of sulfonamides is 1. The van der Waals surface area contributed by atoms with E-state index < -0.39 is 22.0 Å². The van der Waals surface area contributed by atoms with Crippen molar-refractivity contribution in [2.75, 3.05) is 6.61 Å². The fraction of sp³-hybridized carbons (Fsp3) is 0.235. The van der Waals surface area contributed by atoms with Crippen molar-refractivity contribution in [3.05, 3.63) is 60.2 Å². The Morgan fingerprint density at radius 1 is 1.12 bits per heavy atom. The van der Waals surface area contributed by atoms with Gasteiger partial charge in [-0.25, -0.2) is 13.1 Å². The van der Waals surface area contributed by atoms with Crippen molar-refractivity contribution >= 4 is 16.0 Å². The van der Waals surface area contributed by atoms with Crippen molar-refractivity contribution in [3.8, 4) is 5.75 Å². The van der Waals surface area contributed by atoms with Crippen molar-refractivity contribution in [1.29, 1.82) is 0 Å². The van der Waals surface area contributed by atoms with Crippen LogP contribution in [0.4, 0.5) is 0 Å². The number of ether oxygens (including phenoxy) is 1. The van der Waals surface area contributed by atoms with E-state index in [0.717, 1.165) is 0 Å². The molecule has 1 atom stereocenters. The van der Waals surface area contributed by atoms with E-state index in [1.165, 1.54) is 12.1 Å². The molecule has 0 fully saturated rings.